The number of carbonyl (C=O) groups excluding carboxylic acids is 1. The minimum Gasteiger partial charge on any atom is -0.507 e. The van der Waals surface area contributed by atoms with Crippen LogP contribution in [-0.2, 0) is 4.79 Å². The van der Waals surface area contributed by atoms with Gasteiger partial charge in [0.1, 0.15) is 23.1 Å². The monoisotopic (exact) mass is 583 g/mol. The van der Waals surface area contributed by atoms with E-state index >= 15 is 4.39 Å². The molecule has 1 aromatic heterocycles. The van der Waals surface area contributed by atoms with Gasteiger partial charge in [0, 0.05) is 26.2 Å². The Balaban J connectivity index is 2.43. The van der Waals surface area contributed by atoms with Crippen LogP contribution in [0, 0.1) is 11.6 Å². The van der Waals surface area contributed by atoms with E-state index in [4.69, 9.17) is 11.6 Å². The second-order valence-electron chi connectivity index (χ2n) is 9.86. The quantitative estimate of drug-likeness (QED) is 0.108. The van der Waals surface area contributed by atoms with Gasteiger partial charge in [-0.25, -0.2) is 13.8 Å². The van der Waals surface area contributed by atoms with Crippen LogP contribution in [0.3, 0.4) is 0 Å². The number of aliphatic imine (C=N–C) groups is 1. The summed E-state index contributed by atoms with van der Waals surface area (Å²) in [5.41, 5.74) is 0.423. The third-order valence-electron chi connectivity index (χ3n) is 6.73. The summed E-state index contributed by atoms with van der Waals surface area (Å²) in [6.07, 6.45) is 2.92. The summed E-state index contributed by atoms with van der Waals surface area (Å²) in [5.74, 6) is -1.95. The van der Waals surface area contributed by atoms with Crippen LogP contribution in [0.2, 0.25) is 5.02 Å². The topological polar surface area (TPSA) is 81.1 Å². The SMILES string of the molecule is C=CCCN(C(=NC)c1cc(F)c(-c2c(O)cccc2F)nc1N(C=O)c1c(Cl)cccc1C(C)C)C(C)CNC. The highest BCUT2D eigenvalue weighted by atomic mass is 35.5. The van der Waals surface area contributed by atoms with Crippen molar-refractivity contribution in [1.29, 1.82) is 0 Å². The maximum Gasteiger partial charge on any atom is 0.219 e. The van der Waals surface area contributed by atoms with E-state index in [1.807, 2.05) is 38.8 Å². The van der Waals surface area contributed by atoms with Gasteiger partial charge < -0.3 is 15.3 Å². The Kier molecular flexibility index (Phi) is 11.0. The van der Waals surface area contributed by atoms with E-state index in [2.05, 4.69) is 21.9 Å². The van der Waals surface area contributed by atoms with Crippen LogP contribution in [0.5, 0.6) is 5.75 Å². The lowest BCUT2D eigenvalue weighted by Crippen LogP contribution is -2.45. The van der Waals surface area contributed by atoms with Crippen LogP contribution < -0.4 is 10.2 Å². The number of rotatable bonds is 12. The molecule has 0 spiro atoms. The molecule has 218 valence electrons. The average Bonchev–Trinajstić information content (AvgIpc) is 2.93. The maximum absolute atomic E-state index is 15.9. The Morgan fingerprint density at radius 1 is 1.20 bits per heavy atom. The molecule has 0 aliphatic rings. The first-order valence-corrected chi connectivity index (χ1v) is 13.7. The molecule has 1 heterocycles. The summed E-state index contributed by atoms with van der Waals surface area (Å²) in [7, 11) is 3.40. The van der Waals surface area contributed by atoms with Crippen molar-refractivity contribution in [1.82, 2.24) is 15.2 Å². The fraction of sp³-hybridized carbons (Fsp3) is 0.323. The Morgan fingerprint density at radius 2 is 1.90 bits per heavy atom. The molecule has 0 saturated heterocycles. The van der Waals surface area contributed by atoms with Gasteiger partial charge in [0.15, 0.2) is 11.6 Å². The Morgan fingerprint density at radius 3 is 2.49 bits per heavy atom. The van der Waals surface area contributed by atoms with Crippen molar-refractivity contribution < 1.29 is 18.7 Å². The number of para-hydroxylation sites is 1. The third kappa shape index (κ3) is 6.74. The van der Waals surface area contributed by atoms with Gasteiger partial charge in [0.05, 0.1) is 21.8 Å². The first-order valence-electron chi connectivity index (χ1n) is 13.3. The van der Waals surface area contributed by atoms with Crippen LogP contribution in [-0.4, -0.2) is 60.5 Å². The summed E-state index contributed by atoms with van der Waals surface area (Å²) in [4.78, 5) is 25.1. The molecule has 0 bridgehead atoms. The van der Waals surface area contributed by atoms with Crippen molar-refractivity contribution in [2.75, 3.05) is 32.1 Å². The van der Waals surface area contributed by atoms with E-state index in [-0.39, 0.29) is 28.4 Å². The number of pyridine rings is 1. The molecular formula is C31H36ClF2N5O2. The molecule has 1 atom stereocenters. The number of hydrogen-bond acceptors (Lipinski definition) is 5. The zero-order chi connectivity index (χ0) is 30.3. The van der Waals surface area contributed by atoms with E-state index in [0.717, 1.165) is 11.6 Å². The first-order chi connectivity index (χ1) is 19.6. The summed E-state index contributed by atoms with van der Waals surface area (Å²) < 4.78 is 30.9. The van der Waals surface area contributed by atoms with Crippen LogP contribution in [0.25, 0.3) is 11.3 Å². The molecule has 41 heavy (non-hydrogen) atoms. The predicted molar refractivity (Wildman–Crippen MR) is 162 cm³/mol. The zero-order valence-corrected chi connectivity index (χ0v) is 24.7. The summed E-state index contributed by atoms with van der Waals surface area (Å²) in [6, 6.07) is 9.98. The van der Waals surface area contributed by atoms with E-state index < -0.39 is 28.6 Å². The standard InChI is InChI=1S/C31H36ClF2N5O2/c1-7-8-15-38(20(4)17-35-5)30(36-6)22-16-25(34)28(27-24(33)13-10-14-26(27)41)37-31(22)39(18-40)29-21(19(2)3)11-9-12-23(29)32/h7,9-14,16,18-20,35,41H,1,8,15,17H2,2-6H3. The number of benzene rings is 2. The average molecular weight is 584 g/mol. The molecule has 3 rings (SSSR count). The molecule has 2 aromatic carbocycles. The van der Waals surface area contributed by atoms with Crippen molar-refractivity contribution in [2.45, 2.75) is 39.2 Å². The van der Waals surface area contributed by atoms with Crippen LogP contribution in [0.1, 0.15) is 44.2 Å². The maximum atomic E-state index is 15.9. The van der Waals surface area contributed by atoms with Gasteiger partial charge in [-0.15, -0.1) is 6.58 Å². The largest absolute Gasteiger partial charge is 0.507 e. The number of aromatic hydroxyl groups is 1. The number of phenols is 1. The second-order valence-corrected chi connectivity index (χ2v) is 10.3. The number of halogens is 3. The number of hydrogen-bond donors (Lipinski definition) is 2. The Bertz CT molecular complexity index is 1410. The molecule has 0 fully saturated rings. The van der Waals surface area contributed by atoms with Gasteiger partial charge in [-0.1, -0.05) is 49.7 Å². The van der Waals surface area contributed by atoms with E-state index in [1.165, 1.54) is 23.1 Å². The highest BCUT2D eigenvalue weighted by molar-refractivity contribution is 6.34. The Hall–Kier alpha value is -3.82. The van der Waals surface area contributed by atoms with E-state index in [0.29, 0.717) is 37.4 Å². The molecular weight excluding hydrogens is 548 g/mol. The van der Waals surface area contributed by atoms with E-state index in [9.17, 15) is 14.3 Å². The van der Waals surface area contributed by atoms with Gasteiger partial charge >= 0.3 is 0 Å². The fourth-order valence-electron chi connectivity index (χ4n) is 4.79. The third-order valence-corrected chi connectivity index (χ3v) is 7.03. The van der Waals surface area contributed by atoms with Crippen LogP contribution in [0.15, 0.2) is 60.1 Å². The molecule has 0 saturated carbocycles. The number of amides is 1. The van der Waals surface area contributed by atoms with Gasteiger partial charge in [-0.05, 0) is 56.1 Å². The van der Waals surface area contributed by atoms with Crippen molar-refractivity contribution in [3.8, 4) is 17.0 Å². The molecule has 7 nitrogen and oxygen atoms in total. The molecule has 0 aliphatic carbocycles. The van der Waals surface area contributed by atoms with Crippen molar-refractivity contribution in [3.63, 3.8) is 0 Å². The van der Waals surface area contributed by atoms with E-state index in [1.54, 1.807) is 25.3 Å². The van der Waals surface area contributed by atoms with Crippen LogP contribution >= 0.6 is 11.6 Å². The lowest BCUT2D eigenvalue weighted by molar-refractivity contribution is -0.106. The Labute approximate surface area is 245 Å². The lowest BCUT2D eigenvalue weighted by atomic mass is 9.99. The fourth-order valence-corrected chi connectivity index (χ4v) is 5.06. The minimum absolute atomic E-state index is 0.0186. The molecule has 10 heteroatoms. The van der Waals surface area contributed by atoms with Gasteiger partial charge in [0.25, 0.3) is 0 Å². The highest BCUT2D eigenvalue weighted by Crippen LogP contribution is 2.41. The lowest BCUT2D eigenvalue weighted by Gasteiger charge is -2.34. The number of likely N-dealkylation sites (N-methyl/N-ethyl adjacent to an activating group) is 1. The summed E-state index contributed by atoms with van der Waals surface area (Å²) in [6.45, 7) is 10.8. The zero-order valence-electron chi connectivity index (χ0n) is 24.0. The van der Waals surface area contributed by atoms with Gasteiger partial charge in [0.2, 0.25) is 6.41 Å². The van der Waals surface area contributed by atoms with Gasteiger partial charge in [-0.2, -0.15) is 0 Å². The van der Waals surface area contributed by atoms with Crippen molar-refractivity contribution in [2.24, 2.45) is 4.99 Å². The predicted octanol–water partition coefficient (Wildman–Crippen LogP) is 6.67. The number of nitrogens with one attached hydrogen (secondary N) is 1. The number of aromatic nitrogens is 1. The normalized spacial score (nSPS) is 12.4. The molecule has 1 unspecified atom stereocenters. The first kappa shape index (κ1) is 31.7. The minimum atomic E-state index is -0.899. The molecule has 0 aliphatic heterocycles. The number of nitrogens with zero attached hydrogens (tertiary/aromatic N) is 4. The molecule has 2 N–H and O–H groups in total. The van der Waals surface area contributed by atoms with Crippen molar-refractivity contribution in [3.05, 3.63) is 82.9 Å². The molecule has 1 amide bonds. The summed E-state index contributed by atoms with van der Waals surface area (Å²) in [5, 5.41) is 13.9. The van der Waals surface area contributed by atoms with Crippen molar-refractivity contribution >= 4 is 35.4 Å². The smallest absolute Gasteiger partial charge is 0.219 e. The highest BCUT2D eigenvalue weighted by Gasteiger charge is 2.30. The number of anilines is 2. The number of phenolic OH excluding ortho intramolecular Hbond substituents is 1. The van der Waals surface area contributed by atoms with Gasteiger partial charge in [-0.3, -0.25) is 14.7 Å². The number of amidine groups is 1. The van der Waals surface area contributed by atoms with Crippen LogP contribution in [0.4, 0.5) is 20.3 Å². The number of carbonyl (C=O) groups is 1. The molecule has 0 radical (unpaired) electrons. The molecule has 3 aromatic rings. The second kappa shape index (κ2) is 14.2. The summed E-state index contributed by atoms with van der Waals surface area (Å²) >= 11 is 6.66.